The van der Waals surface area contributed by atoms with Crippen molar-refractivity contribution in [2.24, 2.45) is 0 Å². The molecule has 0 atom stereocenters. The van der Waals surface area contributed by atoms with Crippen LogP contribution in [-0.2, 0) is 6.42 Å². The quantitative estimate of drug-likeness (QED) is 0.347. The van der Waals surface area contributed by atoms with Gasteiger partial charge >= 0.3 is 0 Å². The van der Waals surface area contributed by atoms with Crippen molar-refractivity contribution < 1.29 is 0 Å². The van der Waals surface area contributed by atoms with Crippen molar-refractivity contribution in [1.82, 2.24) is 0 Å². The van der Waals surface area contributed by atoms with E-state index >= 15 is 0 Å². The first-order chi connectivity index (χ1) is 11.8. The Morgan fingerprint density at radius 3 is 2.29 bits per heavy atom. The molecule has 0 N–H and O–H groups in total. The molecule has 1 aliphatic carbocycles. The number of hydrogen-bond acceptors (Lipinski definition) is 0. The summed E-state index contributed by atoms with van der Waals surface area (Å²) in [5.41, 5.74) is 7.02. The molecule has 5 rings (SSSR count). The Bertz CT molecular complexity index is 1130. The molecule has 0 bridgehead atoms. The van der Waals surface area contributed by atoms with Gasteiger partial charge in [-0.1, -0.05) is 78.4 Å². The van der Waals surface area contributed by atoms with Crippen molar-refractivity contribution in [1.29, 1.82) is 0 Å². The lowest BCUT2D eigenvalue weighted by atomic mass is 9.89. The molecule has 0 nitrogen and oxygen atoms in total. The molecule has 0 saturated carbocycles. The Morgan fingerprint density at radius 2 is 1.42 bits per heavy atom. The zero-order valence-electron chi connectivity index (χ0n) is 13.7. The van der Waals surface area contributed by atoms with Crippen molar-refractivity contribution in [3.63, 3.8) is 0 Å². The molecular formula is C24H18. The van der Waals surface area contributed by atoms with E-state index in [4.69, 9.17) is 0 Å². The van der Waals surface area contributed by atoms with E-state index in [1.807, 2.05) is 0 Å². The Labute approximate surface area is 142 Å². The highest BCUT2D eigenvalue weighted by Gasteiger charge is 2.17. The van der Waals surface area contributed by atoms with Crippen LogP contribution in [0.3, 0.4) is 0 Å². The first kappa shape index (κ1) is 13.6. The van der Waals surface area contributed by atoms with Gasteiger partial charge < -0.3 is 0 Å². The third-order valence-electron chi connectivity index (χ3n) is 5.13. The van der Waals surface area contributed by atoms with Crippen LogP contribution < -0.4 is 0 Å². The summed E-state index contributed by atoms with van der Waals surface area (Å²) in [5.74, 6) is 0. The van der Waals surface area contributed by atoms with Crippen molar-refractivity contribution >= 4 is 27.6 Å². The van der Waals surface area contributed by atoms with Gasteiger partial charge in [0.05, 0.1) is 0 Å². The third kappa shape index (κ3) is 1.93. The second-order valence-electron chi connectivity index (χ2n) is 6.73. The van der Waals surface area contributed by atoms with Crippen LogP contribution in [-0.4, -0.2) is 0 Å². The van der Waals surface area contributed by atoms with Gasteiger partial charge in [0, 0.05) is 0 Å². The molecule has 0 amide bonds. The molecule has 0 heterocycles. The molecule has 24 heavy (non-hydrogen) atoms. The van der Waals surface area contributed by atoms with Gasteiger partial charge in [-0.25, -0.2) is 0 Å². The minimum absolute atomic E-state index is 1.06. The van der Waals surface area contributed by atoms with Crippen LogP contribution in [0.15, 0.2) is 78.4 Å². The van der Waals surface area contributed by atoms with Gasteiger partial charge in [-0.2, -0.15) is 0 Å². The molecular weight excluding hydrogens is 288 g/mol. The van der Waals surface area contributed by atoms with Gasteiger partial charge in [-0.3, -0.25) is 0 Å². The molecule has 0 saturated heterocycles. The van der Waals surface area contributed by atoms with Gasteiger partial charge in [-0.05, 0) is 63.2 Å². The van der Waals surface area contributed by atoms with Crippen molar-refractivity contribution in [3.05, 3.63) is 89.5 Å². The normalized spacial score (nSPS) is 13.3. The van der Waals surface area contributed by atoms with Gasteiger partial charge in [-0.15, -0.1) is 0 Å². The van der Waals surface area contributed by atoms with Gasteiger partial charge in [0.1, 0.15) is 0 Å². The minimum Gasteiger partial charge on any atom is -0.0683 e. The summed E-state index contributed by atoms with van der Waals surface area (Å²) in [6.07, 6.45) is 3.38. The maximum Gasteiger partial charge on any atom is -0.00544 e. The number of benzene rings is 4. The highest BCUT2D eigenvalue weighted by molar-refractivity contribution is 6.14. The molecule has 0 aromatic heterocycles. The summed E-state index contributed by atoms with van der Waals surface area (Å²) in [7, 11) is 0. The highest BCUT2D eigenvalue weighted by atomic mass is 14.2. The van der Waals surface area contributed by atoms with E-state index in [-0.39, 0.29) is 0 Å². The number of fused-ring (bicyclic) bond motifs is 4. The number of rotatable bonds is 1. The average molecular weight is 306 g/mol. The summed E-state index contributed by atoms with van der Waals surface area (Å²) in [4.78, 5) is 0. The fourth-order valence-electron chi connectivity index (χ4n) is 4.06. The van der Waals surface area contributed by atoms with Gasteiger partial charge in [0.2, 0.25) is 0 Å². The van der Waals surface area contributed by atoms with Crippen LogP contribution in [0.2, 0.25) is 0 Å². The monoisotopic (exact) mass is 306 g/mol. The molecule has 0 radical (unpaired) electrons. The maximum atomic E-state index is 2.36. The molecule has 1 aliphatic rings. The van der Waals surface area contributed by atoms with Crippen molar-refractivity contribution in [3.8, 4) is 11.1 Å². The predicted octanol–water partition coefficient (Wildman–Crippen LogP) is 6.62. The summed E-state index contributed by atoms with van der Waals surface area (Å²) in [6.45, 7) is 2.22. The van der Waals surface area contributed by atoms with Crippen LogP contribution in [0.5, 0.6) is 0 Å². The number of hydrogen-bond donors (Lipinski definition) is 0. The van der Waals surface area contributed by atoms with Gasteiger partial charge in [0.25, 0.3) is 0 Å². The largest absolute Gasteiger partial charge is 0.0683 e. The zero-order valence-corrected chi connectivity index (χ0v) is 13.7. The smallest absolute Gasteiger partial charge is 0.00544 e. The molecule has 0 spiro atoms. The predicted molar refractivity (Wildman–Crippen MR) is 104 cm³/mol. The van der Waals surface area contributed by atoms with Crippen molar-refractivity contribution in [2.45, 2.75) is 13.3 Å². The van der Waals surface area contributed by atoms with E-state index in [2.05, 4.69) is 85.8 Å². The molecule has 4 aromatic rings. The summed E-state index contributed by atoms with van der Waals surface area (Å²) in [6, 6.07) is 26.5. The lowest BCUT2D eigenvalue weighted by Crippen LogP contribution is -1.91. The third-order valence-corrected chi connectivity index (χ3v) is 5.13. The van der Waals surface area contributed by atoms with Crippen LogP contribution in [0, 0.1) is 0 Å². The van der Waals surface area contributed by atoms with E-state index in [9.17, 15) is 0 Å². The Balaban J connectivity index is 1.90. The van der Waals surface area contributed by atoms with E-state index in [1.54, 1.807) is 0 Å². The topological polar surface area (TPSA) is 0 Å². The van der Waals surface area contributed by atoms with E-state index in [0.717, 1.165) is 6.42 Å². The Kier molecular flexibility index (Phi) is 2.87. The SMILES string of the molecule is CC1=Cc2cccc(-c3cc4ccccc4c4ccccc34)c2C1. The fraction of sp³-hybridized carbons (Fsp3) is 0.0833. The Morgan fingerprint density at radius 1 is 0.667 bits per heavy atom. The molecule has 114 valence electrons. The lowest BCUT2D eigenvalue weighted by Gasteiger charge is -2.14. The van der Waals surface area contributed by atoms with Crippen LogP contribution in [0.25, 0.3) is 38.7 Å². The van der Waals surface area contributed by atoms with Crippen LogP contribution in [0.1, 0.15) is 18.1 Å². The molecule has 0 aliphatic heterocycles. The first-order valence-corrected chi connectivity index (χ1v) is 8.51. The molecule has 4 aromatic carbocycles. The summed E-state index contributed by atoms with van der Waals surface area (Å²) >= 11 is 0. The van der Waals surface area contributed by atoms with Crippen LogP contribution >= 0.6 is 0 Å². The molecule has 0 heteroatoms. The van der Waals surface area contributed by atoms with Gasteiger partial charge in [0.15, 0.2) is 0 Å². The average Bonchev–Trinajstić information content (AvgIpc) is 3.01. The van der Waals surface area contributed by atoms with E-state index < -0.39 is 0 Å². The van der Waals surface area contributed by atoms with Crippen molar-refractivity contribution in [2.75, 3.05) is 0 Å². The standard InChI is InChI=1S/C24H18/c1-16-13-17-8-6-12-22(23(17)14-16)24-15-18-7-2-3-9-19(18)20-10-4-5-11-21(20)24/h2-13,15H,14H2,1H3. The lowest BCUT2D eigenvalue weighted by molar-refractivity contribution is 1.20. The van der Waals surface area contributed by atoms with Crippen LogP contribution in [0.4, 0.5) is 0 Å². The second-order valence-corrected chi connectivity index (χ2v) is 6.73. The highest BCUT2D eigenvalue weighted by Crippen LogP contribution is 2.39. The zero-order chi connectivity index (χ0) is 16.1. The number of allylic oxidation sites excluding steroid dienone is 1. The summed E-state index contributed by atoms with van der Waals surface area (Å²) < 4.78 is 0. The van der Waals surface area contributed by atoms with E-state index in [1.165, 1.54) is 49.4 Å². The fourth-order valence-corrected chi connectivity index (χ4v) is 4.06. The molecule has 0 fully saturated rings. The Hall–Kier alpha value is -2.86. The molecule has 0 unspecified atom stereocenters. The minimum atomic E-state index is 1.06. The first-order valence-electron chi connectivity index (χ1n) is 8.51. The maximum absolute atomic E-state index is 2.36. The second kappa shape index (κ2) is 5.07. The summed E-state index contributed by atoms with van der Waals surface area (Å²) in [5, 5.41) is 5.32. The van der Waals surface area contributed by atoms with E-state index in [0.29, 0.717) is 0 Å².